The van der Waals surface area contributed by atoms with E-state index in [1.165, 1.54) is 30.3 Å². The minimum atomic E-state index is -1.00. The number of benzene rings is 2. The van der Waals surface area contributed by atoms with Gasteiger partial charge < -0.3 is 15.7 Å². The Morgan fingerprint density at radius 3 is 2.43 bits per heavy atom. The molecule has 2 aromatic carbocycles. The normalized spacial score (nSPS) is 13.2. The lowest BCUT2D eigenvalue weighted by Gasteiger charge is -2.17. The molecule has 0 aliphatic rings. The van der Waals surface area contributed by atoms with Crippen LogP contribution in [-0.4, -0.2) is 17.7 Å². The van der Waals surface area contributed by atoms with Crippen molar-refractivity contribution in [2.45, 2.75) is 19.1 Å². The maximum Gasteiger partial charge on any atom is 0.315 e. The molecule has 0 fully saturated rings. The van der Waals surface area contributed by atoms with Gasteiger partial charge in [-0.3, -0.25) is 0 Å². The molecule has 2 unspecified atom stereocenters. The predicted molar refractivity (Wildman–Crippen MR) is 82.7 cm³/mol. The molecule has 3 N–H and O–H groups in total. The van der Waals surface area contributed by atoms with Gasteiger partial charge in [-0.25, -0.2) is 13.6 Å². The predicted octanol–water partition coefficient (Wildman–Crippen LogP) is 3.06. The molecule has 0 saturated carbocycles. The van der Waals surface area contributed by atoms with Gasteiger partial charge in [-0.2, -0.15) is 0 Å². The van der Waals surface area contributed by atoms with Crippen LogP contribution in [0, 0.1) is 11.6 Å². The summed E-state index contributed by atoms with van der Waals surface area (Å²) in [6, 6.07) is 10.6. The smallest absolute Gasteiger partial charge is 0.315 e. The molecule has 2 rings (SSSR count). The van der Waals surface area contributed by atoms with E-state index in [9.17, 15) is 18.7 Å². The van der Waals surface area contributed by atoms with Crippen LogP contribution < -0.4 is 10.6 Å². The fourth-order valence-corrected chi connectivity index (χ4v) is 2.10. The number of hydrogen-bond donors (Lipinski definition) is 3. The monoisotopic (exact) mass is 320 g/mol. The Kier molecular flexibility index (Phi) is 5.65. The molecule has 0 aliphatic carbocycles. The van der Waals surface area contributed by atoms with E-state index in [2.05, 4.69) is 10.6 Å². The lowest BCUT2D eigenvalue weighted by molar-refractivity contribution is 0.172. The van der Waals surface area contributed by atoms with E-state index < -0.39 is 18.0 Å². The highest BCUT2D eigenvalue weighted by Gasteiger charge is 2.12. The number of nitrogens with one attached hydrogen (secondary N) is 2. The zero-order valence-corrected chi connectivity index (χ0v) is 12.6. The Balaban J connectivity index is 1.83. The topological polar surface area (TPSA) is 61.4 Å². The molecule has 2 aromatic rings. The zero-order valence-electron chi connectivity index (χ0n) is 12.6. The van der Waals surface area contributed by atoms with Crippen molar-refractivity contribution >= 4 is 6.03 Å². The Bertz CT molecular complexity index is 662. The van der Waals surface area contributed by atoms with Crippen LogP contribution in [0.2, 0.25) is 0 Å². The molecule has 0 radical (unpaired) electrons. The van der Waals surface area contributed by atoms with Crippen LogP contribution in [0.4, 0.5) is 13.6 Å². The second-order valence-electron chi connectivity index (χ2n) is 5.20. The van der Waals surface area contributed by atoms with Crippen LogP contribution in [0.5, 0.6) is 0 Å². The average molecular weight is 320 g/mol. The number of amides is 2. The highest BCUT2D eigenvalue weighted by Crippen LogP contribution is 2.14. The van der Waals surface area contributed by atoms with Crippen molar-refractivity contribution in [3.05, 3.63) is 71.3 Å². The fourth-order valence-electron chi connectivity index (χ4n) is 2.10. The van der Waals surface area contributed by atoms with Gasteiger partial charge in [0.1, 0.15) is 11.6 Å². The number of carbonyl (C=O) groups excluding carboxylic acids is 1. The highest BCUT2D eigenvalue weighted by atomic mass is 19.1. The number of aliphatic hydroxyl groups excluding tert-OH is 1. The van der Waals surface area contributed by atoms with E-state index in [4.69, 9.17) is 0 Å². The van der Waals surface area contributed by atoms with Gasteiger partial charge in [-0.05, 0) is 42.3 Å². The molecule has 0 aromatic heterocycles. The number of rotatable bonds is 5. The van der Waals surface area contributed by atoms with E-state index in [0.29, 0.717) is 5.56 Å². The zero-order chi connectivity index (χ0) is 16.8. The molecule has 2 atom stereocenters. The lowest BCUT2D eigenvalue weighted by Crippen LogP contribution is -2.39. The van der Waals surface area contributed by atoms with E-state index in [0.717, 1.165) is 5.56 Å². The summed E-state index contributed by atoms with van der Waals surface area (Å²) in [6.07, 6.45) is -1.00. The first kappa shape index (κ1) is 16.9. The third kappa shape index (κ3) is 5.03. The van der Waals surface area contributed by atoms with Crippen LogP contribution in [0.25, 0.3) is 0 Å². The summed E-state index contributed by atoms with van der Waals surface area (Å²) in [6.45, 7) is 1.71. The summed E-state index contributed by atoms with van der Waals surface area (Å²) < 4.78 is 25.9. The molecule has 122 valence electrons. The molecule has 2 amide bonds. The van der Waals surface area contributed by atoms with E-state index in [1.807, 2.05) is 0 Å². The Morgan fingerprint density at radius 2 is 1.78 bits per heavy atom. The molecular formula is C17H18F2N2O2. The third-order valence-corrected chi connectivity index (χ3v) is 3.41. The molecule has 23 heavy (non-hydrogen) atoms. The van der Waals surface area contributed by atoms with Gasteiger partial charge in [0.25, 0.3) is 0 Å². The van der Waals surface area contributed by atoms with Crippen molar-refractivity contribution in [2.75, 3.05) is 6.54 Å². The summed E-state index contributed by atoms with van der Waals surface area (Å²) in [5.41, 5.74) is 1.14. The van der Waals surface area contributed by atoms with Crippen molar-refractivity contribution in [3.8, 4) is 0 Å². The fraction of sp³-hybridized carbons (Fsp3) is 0.235. The van der Waals surface area contributed by atoms with Gasteiger partial charge in [-0.1, -0.05) is 24.3 Å². The summed E-state index contributed by atoms with van der Waals surface area (Å²) >= 11 is 0. The molecule has 0 saturated heterocycles. The van der Waals surface area contributed by atoms with Gasteiger partial charge in [0.05, 0.1) is 12.1 Å². The first-order valence-electron chi connectivity index (χ1n) is 7.19. The Hall–Kier alpha value is -2.47. The van der Waals surface area contributed by atoms with E-state index >= 15 is 0 Å². The van der Waals surface area contributed by atoms with Crippen LogP contribution in [0.15, 0.2) is 48.5 Å². The lowest BCUT2D eigenvalue weighted by atomic mass is 10.1. The van der Waals surface area contributed by atoms with E-state index in [-0.39, 0.29) is 18.4 Å². The van der Waals surface area contributed by atoms with Gasteiger partial charge in [-0.15, -0.1) is 0 Å². The van der Waals surface area contributed by atoms with Gasteiger partial charge in [0, 0.05) is 6.54 Å². The maximum atomic E-state index is 13.1. The van der Waals surface area contributed by atoms with Crippen molar-refractivity contribution < 1.29 is 18.7 Å². The number of carbonyl (C=O) groups is 1. The second-order valence-corrected chi connectivity index (χ2v) is 5.20. The minimum absolute atomic E-state index is 0.0502. The Morgan fingerprint density at radius 1 is 1.09 bits per heavy atom. The summed E-state index contributed by atoms with van der Waals surface area (Å²) in [4.78, 5) is 11.8. The van der Waals surface area contributed by atoms with E-state index in [1.54, 1.807) is 25.1 Å². The van der Waals surface area contributed by atoms with Gasteiger partial charge in [0.2, 0.25) is 0 Å². The number of aliphatic hydroxyl groups is 1. The van der Waals surface area contributed by atoms with Crippen molar-refractivity contribution in [1.82, 2.24) is 10.6 Å². The third-order valence-electron chi connectivity index (χ3n) is 3.41. The number of halogens is 2. The SMILES string of the molecule is CC(NC(=O)NCC(O)c1cccc(F)c1)c1ccc(F)cc1. The quantitative estimate of drug-likeness (QED) is 0.793. The maximum absolute atomic E-state index is 13.1. The first-order valence-corrected chi connectivity index (χ1v) is 7.19. The van der Waals surface area contributed by atoms with Gasteiger partial charge >= 0.3 is 6.03 Å². The molecule has 0 bridgehead atoms. The minimum Gasteiger partial charge on any atom is -0.387 e. The molecule has 4 nitrogen and oxygen atoms in total. The van der Waals surface area contributed by atoms with Crippen LogP contribution in [-0.2, 0) is 0 Å². The second kappa shape index (κ2) is 7.69. The van der Waals surface area contributed by atoms with Crippen LogP contribution in [0.3, 0.4) is 0 Å². The van der Waals surface area contributed by atoms with Crippen molar-refractivity contribution in [1.29, 1.82) is 0 Å². The summed E-state index contributed by atoms with van der Waals surface area (Å²) in [7, 11) is 0. The van der Waals surface area contributed by atoms with Crippen molar-refractivity contribution in [2.24, 2.45) is 0 Å². The molecule has 0 heterocycles. The highest BCUT2D eigenvalue weighted by molar-refractivity contribution is 5.74. The van der Waals surface area contributed by atoms with Crippen LogP contribution >= 0.6 is 0 Å². The summed E-state index contributed by atoms with van der Waals surface area (Å²) in [5.74, 6) is -0.792. The average Bonchev–Trinajstić information content (AvgIpc) is 2.53. The molecule has 0 aliphatic heterocycles. The molecule has 0 spiro atoms. The standard InChI is InChI=1S/C17H18F2N2O2/c1-11(12-5-7-14(18)8-6-12)21-17(23)20-10-16(22)13-3-2-4-15(19)9-13/h2-9,11,16,22H,10H2,1H3,(H2,20,21,23). The number of urea groups is 1. The van der Waals surface area contributed by atoms with Gasteiger partial charge in [0.15, 0.2) is 0 Å². The summed E-state index contributed by atoms with van der Waals surface area (Å²) in [5, 5.41) is 15.1. The largest absolute Gasteiger partial charge is 0.387 e. The van der Waals surface area contributed by atoms with Crippen LogP contribution in [0.1, 0.15) is 30.2 Å². The van der Waals surface area contributed by atoms with Crippen molar-refractivity contribution in [3.63, 3.8) is 0 Å². The number of hydrogen-bond acceptors (Lipinski definition) is 2. The molecular weight excluding hydrogens is 302 g/mol. The Labute approximate surface area is 133 Å². The molecule has 6 heteroatoms. The first-order chi connectivity index (χ1) is 11.0.